The van der Waals surface area contributed by atoms with Crippen LogP contribution in [0.5, 0.6) is 0 Å². The van der Waals surface area contributed by atoms with Gasteiger partial charge in [-0.1, -0.05) is 42.5 Å². The highest BCUT2D eigenvalue weighted by molar-refractivity contribution is 5.77. The van der Waals surface area contributed by atoms with Gasteiger partial charge in [0, 0.05) is 26.1 Å². The minimum Gasteiger partial charge on any atom is -0.343 e. The van der Waals surface area contributed by atoms with Gasteiger partial charge in [0.25, 0.3) is 5.56 Å². The number of aryl methyl sites for hydroxylation is 1. The maximum atomic E-state index is 12.5. The standard InChI is InChI=1S/C21H23N3O2/c1-2-23(14-12-17-8-4-3-5-9-17)20(25)13-15-24-16-22-19-11-7-6-10-18(19)21(24)26/h3-11,16H,2,12-15H2,1H3. The zero-order valence-electron chi connectivity index (χ0n) is 15.0. The van der Waals surface area contributed by atoms with Crippen LogP contribution in [0.25, 0.3) is 10.9 Å². The van der Waals surface area contributed by atoms with Gasteiger partial charge in [0.15, 0.2) is 0 Å². The Morgan fingerprint density at radius 1 is 1.08 bits per heavy atom. The van der Waals surface area contributed by atoms with Crippen LogP contribution in [-0.4, -0.2) is 33.4 Å². The van der Waals surface area contributed by atoms with E-state index in [4.69, 9.17) is 0 Å². The number of rotatable bonds is 7. The number of hydrogen-bond acceptors (Lipinski definition) is 3. The number of benzene rings is 2. The van der Waals surface area contributed by atoms with E-state index in [9.17, 15) is 9.59 Å². The molecule has 1 aromatic heterocycles. The summed E-state index contributed by atoms with van der Waals surface area (Å²) in [4.78, 5) is 31.2. The fourth-order valence-electron chi connectivity index (χ4n) is 3.01. The summed E-state index contributed by atoms with van der Waals surface area (Å²) in [5.74, 6) is 0.0588. The van der Waals surface area contributed by atoms with Crippen molar-refractivity contribution in [2.75, 3.05) is 13.1 Å². The van der Waals surface area contributed by atoms with Crippen molar-refractivity contribution in [2.24, 2.45) is 0 Å². The van der Waals surface area contributed by atoms with E-state index in [0.29, 0.717) is 37.0 Å². The van der Waals surface area contributed by atoms with E-state index in [1.807, 2.05) is 48.2 Å². The van der Waals surface area contributed by atoms with Gasteiger partial charge in [0.2, 0.25) is 5.91 Å². The lowest BCUT2D eigenvalue weighted by atomic mass is 10.1. The molecule has 1 heterocycles. The number of nitrogens with zero attached hydrogens (tertiary/aromatic N) is 3. The number of para-hydroxylation sites is 1. The molecular weight excluding hydrogens is 326 g/mol. The Morgan fingerprint density at radius 3 is 2.58 bits per heavy atom. The van der Waals surface area contributed by atoms with Crippen molar-refractivity contribution in [3.8, 4) is 0 Å². The van der Waals surface area contributed by atoms with E-state index >= 15 is 0 Å². The smallest absolute Gasteiger partial charge is 0.261 e. The molecule has 2 aromatic carbocycles. The summed E-state index contributed by atoms with van der Waals surface area (Å²) in [5, 5.41) is 0.582. The lowest BCUT2D eigenvalue weighted by molar-refractivity contribution is -0.131. The number of amides is 1. The normalized spacial score (nSPS) is 10.8. The van der Waals surface area contributed by atoms with Gasteiger partial charge in [0.05, 0.1) is 17.2 Å². The molecule has 0 radical (unpaired) electrons. The molecule has 0 aliphatic heterocycles. The maximum absolute atomic E-state index is 12.5. The summed E-state index contributed by atoms with van der Waals surface area (Å²) in [6, 6.07) is 17.4. The molecule has 26 heavy (non-hydrogen) atoms. The fraction of sp³-hybridized carbons (Fsp3) is 0.286. The minimum absolute atomic E-state index is 0.0588. The number of carbonyl (C=O) groups is 1. The van der Waals surface area contributed by atoms with E-state index < -0.39 is 0 Å². The van der Waals surface area contributed by atoms with Gasteiger partial charge in [-0.3, -0.25) is 14.2 Å². The molecule has 1 amide bonds. The molecule has 0 atom stereocenters. The highest BCUT2D eigenvalue weighted by Gasteiger charge is 2.12. The first kappa shape index (κ1) is 17.9. The molecule has 134 valence electrons. The molecule has 0 saturated carbocycles. The molecule has 0 unspecified atom stereocenters. The fourth-order valence-corrected chi connectivity index (χ4v) is 3.01. The third kappa shape index (κ3) is 4.17. The van der Waals surface area contributed by atoms with Crippen LogP contribution in [0.3, 0.4) is 0 Å². The van der Waals surface area contributed by atoms with Crippen molar-refractivity contribution in [3.63, 3.8) is 0 Å². The Bertz CT molecular complexity index is 935. The number of likely N-dealkylation sites (N-methyl/N-ethyl adjacent to an activating group) is 1. The van der Waals surface area contributed by atoms with Crippen molar-refractivity contribution in [1.29, 1.82) is 0 Å². The van der Waals surface area contributed by atoms with E-state index in [1.165, 1.54) is 16.5 Å². The third-order valence-electron chi connectivity index (χ3n) is 4.55. The average molecular weight is 349 g/mol. The minimum atomic E-state index is -0.101. The van der Waals surface area contributed by atoms with Gasteiger partial charge in [0.1, 0.15) is 0 Å². The molecule has 0 bridgehead atoms. The predicted octanol–water partition coefficient (Wildman–Crippen LogP) is 2.88. The second-order valence-electron chi connectivity index (χ2n) is 6.22. The lowest BCUT2D eigenvalue weighted by Crippen LogP contribution is -2.34. The Morgan fingerprint density at radius 2 is 1.81 bits per heavy atom. The van der Waals surface area contributed by atoms with E-state index in [1.54, 1.807) is 6.07 Å². The van der Waals surface area contributed by atoms with Crippen LogP contribution in [0.15, 0.2) is 65.7 Å². The molecule has 0 fully saturated rings. The molecule has 3 aromatic rings. The molecular formula is C21H23N3O2. The van der Waals surface area contributed by atoms with Crippen LogP contribution >= 0.6 is 0 Å². The second-order valence-corrected chi connectivity index (χ2v) is 6.22. The van der Waals surface area contributed by atoms with Gasteiger partial charge in [-0.05, 0) is 31.0 Å². The molecule has 5 heteroatoms. The van der Waals surface area contributed by atoms with Crippen molar-refractivity contribution in [1.82, 2.24) is 14.5 Å². The van der Waals surface area contributed by atoms with E-state index in [2.05, 4.69) is 17.1 Å². The third-order valence-corrected chi connectivity index (χ3v) is 4.55. The summed E-state index contributed by atoms with van der Waals surface area (Å²) in [5.41, 5.74) is 1.79. The molecule has 0 aliphatic rings. The number of hydrogen-bond donors (Lipinski definition) is 0. The summed E-state index contributed by atoms with van der Waals surface area (Å²) in [6.07, 6.45) is 2.65. The van der Waals surface area contributed by atoms with E-state index in [-0.39, 0.29) is 11.5 Å². The van der Waals surface area contributed by atoms with Crippen LogP contribution in [0.1, 0.15) is 18.9 Å². The molecule has 0 saturated heterocycles. The first-order chi connectivity index (χ1) is 12.7. The van der Waals surface area contributed by atoms with Gasteiger partial charge in [-0.15, -0.1) is 0 Å². The summed E-state index contributed by atoms with van der Waals surface area (Å²) in [6.45, 7) is 3.67. The molecule has 3 rings (SSSR count). The van der Waals surface area contributed by atoms with Crippen molar-refractivity contribution >= 4 is 16.8 Å². The van der Waals surface area contributed by atoms with Crippen molar-refractivity contribution in [2.45, 2.75) is 26.3 Å². The molecule has 0 N–H and O–H groups in total. The quantitative estimate of drug-likeness (QED) is 0.659. The van der Waals surface area contributed by atoms with Crippen LogP contribution in [0.2, 0.25) is 0 Å². The Labute approximate surface area is 152 Å². The average Bonchev–Trinajstić information content (AvgIpc) is 2.69. The van der Waals surface area contributed by atoms with Crippen LogP contribution in [0.4, 0.5) is 0 Å². The SMILES string of the molecule is CCN(CCc1ccccc1)C(=O)CCn1cnc2ccccc2c1=O. The largest absolute Gasteiger partial charge is 0.343 e. The van der Waals surface area contributed by atoms with Crippen molar-refractivity contribution in [3.05, 3.63) is 76.8 Å². The summed E-state index contributed by atoms with van der Waals surface area (Å²) in [7, 11) is 0. The van der Waals surface area contributed by atoms with E-state index in [0.717, 1.165) is 6.42 Å². The van der Waals surface area contributed by atoms with Crippen LogP contribution < -0.4 is 5.56 Å². The maximum Gasteiger partial charge on any atom is 0.261 e. The topological polar surface area (TPSA) is 55.2 Å². The van der Waals surface area contributed by atoms with Gasteiger partial charge >= 0.3 is 0 Å². The first-order valence-electron chi connectivity index (χ1n) is 8.95. The number of aromatic nitrogens is 2. The molecule has 0 spiro atoms. The Kier molecular flexibility index (Phi) is 5.79. The summed E-state index contributed by atoms with van der Waals surface area (Å²) >= 11 is 0. The summed E-state index contributed by atoms with van der Waals surface area (Å²) < 4.78 is 1.52. The number of fused-ring (bicyclic) bond motifs is 1. The Balaban J connectivity index is 1.62. The second kappa shape index (κ2) is 8.43. The monoisotopic (exact) mass is 349 g/mol. The van der Waals surface area contributed by atoms with Crippen LogP contribution in [-0.2, 0) is 17.8 Å². The highest BCUT2D eigenvalue weighted by Crippen LogP contribution is 2.06. The molecule has 5 nitrogen and oxygen atoms in total. The highest BCUT2D eigenvalue weighted by atomic mass is 16.2. The number of carbonyl (C=O) groups excluding carboxylic acids is 1. The first-order valence-corrected chi connectivity index (χ1v) is 8.95. The van der Waals surface area contributed by atoms with Crippen LogP contribution in [0, 0.1) is 0 Å². The van der Waals surface area contributed by atoms with Crippen molar-refractivity contribution < 1.29 is 4.79 Å². The van der Waals surface area contributed by atoms with Gasteiger partial charge in [-0.2, -0.15) is 0 Å². The lowest BCUT2D eigenvalue weighted by Gasteiger charge is -2.21. The zero-order chi connectivity index (χ0) is 18.4. The van der Waals surface area contributed by atoms with Gasteiger partial charge in [-0.25, -0.2) is 4.98 Å². The Hall–Kier alpha value is -2.95. The predicted molar refractivity (Wildman–Crippen MR) is 103 cm³/mol. The zero-order valence-corrected chi connectivity index (χ0v) is 15.0. The van der Waals surface area contributed by atoms with Gasteiger partial charge < -0.3 is 4.90 Å². The molecule has 0 aliphatic carbocycles.